The molecule has 0 heterocycles. The highest BCUT2D eigenvalue weighted by molar-refractivity contribution is 7.98. The SMILES string of the molecule is COc1ccc(CSc2ccccc2Cl)cc1C#N. The van der Waals surface area contributed by atoms with E-state index in [2.05, 4.69) is 6.07 Å². The first-order chi connectivity index (χ1) is 9.24. The van der Waals surface area contributed by atoms with Crippen molar-refractivity contribution >= 4 is 23.4 Å². The van der Waals surface area contributed by atoms with Crippen molar-refractivity contribution in [3.8, 4) is 11.8 Å². The Morgan fingerprint density at radius 2 is 2.05 bits per heavy atom. The molecule has 2 aromatic rings. The molecule has 0 N–H and O–H groups in total. The van der Waals surface area contributed by atoms with Crippen molar-refractivity contribution < 1.29 is 4.74 Å². The van der Waals surface area contributed by atoms with Crippen molar-refractivity contribution in [3.05, 3.63) is 58.6 Å². The average Bonchev–Trinajstić information content (AvgIpc) is 2.46. The van der Waals surface area contributed by atoms with Gasteiger partial charge in [0.1, 0.15) is 11.8 Å². The number of rotatable bonds is 4. The lowest BCUT2D eigenvalue weighted by molar-refractivity contribution is 0.413. The molecule has 0 atom stereocenters. The molecule has 0 unspecified atom stereocenters. The van der Waals surface area contributed by atoms with Gasteiger partial charge in [-0.05, 0) is 29.8 Å². The van der Waals surface area contributed by atoms with Crippen LogP contribution in [0.3, 0.4) is 0 Å². The van der Waals surface area contributed by atoms with Gasteiger partial charge in [-0.2, -0.15) is 5.26 Å². The first-order valence-corrected chi connectivity index (χ1v) is 7.05. The maximum Gasteiger partial charge on any atom is 0.136 e. The zero-order valence-corrected chi connectivity index (χ0v) is 12.0. The average molecular weight is 290 g/mol. The maximum atomic E-state index is 9.05. The lowest BCUT2D eigenvalue weighted by atomic mass is 10.1. The van der Waals surface area contributed by atoms with Gasteiger partial charge in [0.25, 0.3) is 0 Å². The molecule has 0 saturated carbocycles. The van der Waals surface area contributed by atoms with Crippen LogP contribution < -0.4 is 4.74 Å². The van der Waals surface area contributed by atoms with Crippen LogP contribution in [-0.2, 0) is 5.75 Å². The Hall–Kier alpha value is -1.63. The maximum absolute atomic E-state index is 9.05. The van der Waals surface area contributed by atoms with E-state index in [1.807, 2.05) is 42.5 Å². The first kappa shape index (κ1) is 13.8. The lowest BCUT2D eigenvalue weighted by Gasteiger charge is -2.07. The molecular weight excluding hydrogens is 278 g/mol. The molecule has 2 nitrogen and oxygen atoms in total. The van der Waals surface area contributed by atoms with E-state index >= 15 is 0 Å². The molecule has 0 bridgehead atoms. The van der Waals surface area contributed by atoms with Crippen LogP contribution in [0.5, 0.6) is 5.75 Å². The molecular formula is C15H12ClNOS. The van der Waals surface area contributed by atoms with E-state index in [1.54, 1.807) is 18.9 Å². The highest BCUT2D eigenvalue weighted by atomic mass is 35.5. The fourth-order valence-electron chi connectivity index (χ4n) is 1.66. The number of thioether (sulfide) groups is 1. The van der Waals surface area contributed by atoms with Crippen LogP contribution in [0.25, 0.3) is 0 Å². The van der Waals surface area contributed by atoms with E-state index in [4.69, 9.17) is 21.6 Å². The summed E-state index contributed by atoms with van der Waals surface area (Å²) in [4.78, 5) is 1.04. The normalized spacial score (nSPS) is 9.95. The third kappa shape index (κ3) is 3.44. The predicted octanol–water partition coefficient (Wildman–Crippen LogP) is 4.51. The summed E-state index contributed by atoms with van der Waals surface area (Å²) >= 11 is 7.75. The van der Waals surface area contributed by atoms with Crippen LogP contribution in [0.4, 0.5) is 0 Å². The van der Waals surface area contributed by atoms with Crippen LogP contribution in [0.2, 0.25) is 5.02 Å². The van der Waals surface area contributed by atoms with Gasteiger partial charge in [0.15, 0.2) is 0 Å². The second kappa shape index (κ2) is 6.51. The smallest absolute Gasteiger partial charge is 0.136 e. The summed E-state index contributed by atoms with van der Waals surface area (Å²) < 4.78 is 5.12. The Kier molecular flexibility index (Phi) is 4.73. The molecule has 96 valence electrons. The highest BCUT2D eigenvalue weighted by Crippen LogP contribution is 2.30. The first-order valence-electron chi connectivity index (χ1n) is 5.69. The van der Waals surface area contributed by atoms with Crippen LogP contribution in [0.1, 0.15) is 11.1 Å². The Bertz CT molecular complexity index is 622. The van der Waals surface area contributed by atoms with Gasteiger partial charge in [-0.15, -0.1) is 11.8 Å². The quantitative estimate of drug-likeness (QED) is 0.776. The summed E-state index contributed by atoms with van der Waals surface area (Å²) in [6, 6.07) is 15.5. The Labute approximate surface area is 122 Å². The van der Waals surface area contributed by atoms with E-state index in [0.717, 1.165) is 21.2 Å². The summed E-state index contributed by atoms with van der Waals surface area (Å²) in [5, 5.41) is 9.80. The van der Waals surface area contributed by atoms with Gasteiger partial charge in [-0.1, -0.05) is 29.8 Å². The van der Waals surface area contributed by atoms with E-state index in [-0.39, 0.29) is 0 Å². The number of nitrogens with zero attached hydrogens (tertiary/aromatic N) is 1. The minimum atomic E-state index is 0.555. The molecule has 2 aromatic carbocycles. The van der Waals surface area contributed by atoms with Crippen molar-refractivity contribution in [1.82, 2.24) is 0 Å². The zero-order valence-electron chi connectivity index (χ0n) is 10.4. The summed E-state index contributed by atoms with van der Waals surface area (Å²) in [6.45, 7) is 0. The lowest BCUT2D eigenvalue weighted by Crippen LogP contribution is -1.90. The highest BCUT2D eigenvalue weighted by Gasteiger charge is 2.05. The van der Waals surface area contributed by atoms with Gasteiger partial charge in [-0.3, -0.25) is 0 Å². The van der Waals surface area contributed by atoms with Crippen LogP contribution in [0.15, 0.2) is 47.4 Å². The summed E-state index contributed by atoms with van der Waals surface area (Å²) in [5.41, 5.74) is 1.63. The molecule has 0 fully saturated rings. The molecule has 0 spiro atoms. The molecule has 0 saturated heterocycles. The van der Waals surface area contributed by atoms with Gasteiger partial charge >= 0.3 is 0 Å². The van der Waals surface area contributed by atoms with Crippen molar-refractivity contribution in [1.29, 1.82) is 5.26 Å². The zero-order chi connectivity index (χ0) is 13.7. The molecule has 2 rings (SSSR count). The van der Waals surface area contributed by atoms with Gasteiger partial charge in [-0.25, -0.2) is 0 Å². The molecule has 19 heavy (non-hydrogen) atoms. The Morgan fingerprint density at radius 1 is 1.26 bits per heavy atom. The van der Waals surface area contributed by atoms with Gasteiger partial charge in [0, 0.05) is 10.6 Å². The van der Waals surface area contributed by atoms with E-state index < -0.39 is 0 Å². The largest absolute Gasteiger partial charge is 0.495 e. The third-order valence-corrected chi connectivity index (χ3v) is 4.20. The molecule has 4 heteroatoms. The van der Waals surface area contributed by atoms with Crippen molar-refractivity contribution in [3.63, 3.8) is 0 Å². The van der Waals surface area contributed by atoms with Crippen LogP contribution in [0, 0.1) is 11.3 Å². The van der Waals surface area contributed by atoms with Crippen molar-refractivity contribution in [2.45, 2.75) is 10.6 Å². The second-order valence-corrected chi connectivity index (χ2v) is 5.29. The van der Waals surface area contributed by atoms with Crippen molar-refractivity contribution in [2.24, 2.45) is 0 Å². The molecule has 0 aliphatic rings. The predicted molar refractivity (Wildman–Crippen MR) is 78.7 cm³/mol. The standard InChI is InChI=1S/C15H12ClNOS/c1-18-14-7-6-11(8-12(14)9-17)10-19-15-5-3-2-4-13(15)16/h2-8H,10H2,1H3. The molecule has 0 radical (unpaired) electrons. The fraction of sp³-hybridized carbons (Fsp3) is 0.133. The minimum Gasteiger partial charge on any atom is -0.495 e. The molecule has 0 amide bonds. The number of hydrogen-bond acceptors (Lipinski definition) is 3. The van der Waals surface area contributed by atoms with E-state index in [0.29, 0.717) is 11.3 Å². The molecule has 0 aliphatic heterocycles. The minimum absolute atomic E-state index is 0.555. The van der Waals surface area contributed by atoms with Crippen LogP contribution >= 0.6 is 23.4 Å². The van der Waals surface area contributed by atoms with E-state index in [1.165, 1.54) is 0 Å². The summed E-state index contributed by atoms with van der Waals surface area (Å²) in [7, 11) is 1.56. The van der Waals surface area contributed by atoms with Crippen molar-refractivity contribution in [2.75, 3.05) is 7.11 Å². The number of nitriles is 1. The second-order valence-electron chi connectivity index (χ2n) is 3.87. The number of hydrogen-bond donors (Lipinski definition) is 0. The van der Waals surface area contributed by atoms with Crippen LogP contribution in [-0.4, -0.2) is 7.11 Å². The fourth-order valence-corrected chi connectivity index (χ4v) is 2.84. The monoisotopic (exact) mass is 289 g/mol. The summed E-state index contributed by atoms with van der Waals surface area (Å²) in [6.07, 6.45) is 0. The number of benzene rings is 2. The number of methoxy groups -OCH3 is 1. The number of halogens is 1. The number of ether oxygens (including phenoxy) is 1. The topological polar surface area (TPSA) is 33.0 Å². The summed E-state index contributed by atoms with van der Waals surface area (Å²) in [5.74, 6) is 1.37. The van der Waals surface area contributed by atoms with E-state index in [9.17, 15) is 0 Å². The molecule has 0 aromatic heterocycles. The third-order valence-electron chi connectivity index (χ3n) is 2.62. The Balaban J connectivity index is 2.13. The van der Waals surface area contributed by atoms with Gasteiger partial charge in [0.2, 0.25) is 0 Å². The molecule has 0 aliphatic carbocycles. The Morgan fingerprint density at radius 3 is 2.74 bits per heavy atom. The van der Waals surface area contributed by atoms with Gasteiger partial charge < -0.3 is 4.74 Å². The van der Waals surface area contributed by atoms with Gasteiger partial charge in [0.05, 0.1) is 17.7 Å².